The molecule has 0 aliphatic heterocycles. The number of carbonyl (C=O) groups is 1. The summed E-state index contributed by atoms with van der Waals surface area (Å²) in [6.07, 6.45) is 1.44. The van der Waals surface area contributed by atoms with Gasteiger partial charge in [-0.15, -0.1) is 0 Å². The molecule has 0 heterocycles. The van der Waals surface area contributed by atoms with E-state index in [1.54, 1.807) is 6.92 Å². The smallest absolute Gasteiger partial charge is 0.350 e. The third kappa shape index (κ3) is 4.36. The Hall–Kier alpha value is -2.28. The lowest BCUT2D eigenvalue weighted by molar-refractivity contribution is -0.138. The molecule has 0 saturated carbocycles. The van der Waals surface area contributed by atoms with Gasteiger partial charge in [0.2, 0.25) is 0 Å². The van der Waals surface area contributed by atoms with E-state index in [0.717, 1.165) is 16.8 Å². The molecule has 0 radical (unpaired) electrons. The van der Waals surface area contributed by atoms with Crippen LogP contribution in [0.4, 0.5) is 5.69 Å². The summed E-state index contributed by atoms with van der Waals surface area (Å²) in [5.74, 6) is 0.0658. The zero-order valence-electron chi connectivity index (χ0n) is 13.9. The van der Waals surface area contributed by atoms with Gasteiger partial charge in [-0.3, -0.25) is 0 Å². The van der Waals surface area contributed by atoms with Gasteiger partial charge in [0.15, 0.2) is 5.57 Å². The Morgan fingerprint density at radius 1 is 1.27 bits per heavy atom. The molecule has 1 aromatic carbocycles. The van der Waals surface area contributed by atoms with Gasteiger partial charge in [0, 0.05) is 11.9 Å². The van der Waals surface area contributed by atoms with E-state index in [1.807, 2.05) is 12.1 Å². The Morgan fingerprint density at radius 3 is 2.23 bits per heavy atom. The fraction of sp³-hybridized carbons (Fsp3) is 0.444. The molecule has 1 rings (SSSR count). The SMILES string of the molecule is CCOC(=O)/C(C#N)=C/Nc1c(C(C)C)cccc1C(C)C. The number of para-hydroxylation sites is 1. The van der Waals surface area contributed by atoms with Crippen molar-refractivity contribution >= 4 is 11.7 Å². The molecule has 4 heteroatoms. The summed E-state index contributed by atoms with van der Waals surface area (Å²) >= 11 is 0. The zero-order chi connectivity index (χ0) is 16.7. The molecular formula is C18H24N2O2. The van der Waals surface area contributed by atoms with E-state index in [9.17, 15) is 4.79 Å². The van der Waals surface area contributed by atoms with E-state index < -0.39 is 5.97 Å². The van der Waals surface area contributed by atoms with E-state index in [0.29, 0.717) is 11.8 Å². The van der Waals surface area contributed by atoms with Gasteiger partial charge in [0.05, 0.1) is 6.61 Å². The fourth-order valence-electron chi connectivity index (χ4n) is 2.21. The monoisotopic (exact) mass is 300 g/mol. The quantitative estimate of drug-likeness (QED) is 0.483. The lowest BCUT2D eigenvalue weighted by Crippen LogP contribution is -2.09. The number of benzene rings is 1. The topological polar surface area (TPSA) is 62.1 Å². The van der Waals surface area contributed by atoms with E-state index in [2.05, 4.69) is 45.1 Å². The van der Waals surface area contributed by atoms with Gasteiger partial charge in [0.1, 0.15) is 6.07 Å². The summed E-state index contributed by atoms with van der Waals surface area (Å²) in [7, 11) is 0. The van der Waals surface area contributed by atoms with Crippen LogP contribution in [-0.4, -0.2) is 12.6 Å². The van der Waals surface area contributed by atoms with Crippen LogP contribution in [0.25, 0.3) is 0 Å². The minimum Gasteiger partial charge on any atom is -0.462 e. The Morgan fingerprint density at radius 2 is 1.82 bits per heavy atom. The predicted molar refractivity (Wildman–Crippen MR) is 88.6 cm³/mol. The molecule has 0 fully saturated rings. The van der Waals surface area contributed by atoms with Crippen molar-refractivity contribution in [2.45, 2.75) is 46.5 Å². The molecule has 4 nitrogen and oxygen atoms in total. The molecule has 0 spiro atoms. The van der Waals surface area contributed by atoms with Crippen molar-refractivity contribution in [2.75, 3.05) is 11.9 Å². The van der Waals surface area contributed by atoms with Crippen LogP contribution in [0.2, 0.25) is 0 Å². The Bertz CT molecular complexity index is 569. The third-order valence-electron chi connectivity index (χ3n) is 3.35. The molecule has 0 aromatic heterocycles. The molecular weight excluding hydrogens is 276 g/mol. The summed E-state index contributed by atoms with van der Waals surface area (Å²) in [6, 6.07) is 8.03. The average Bonchev–Trinajstić information content (AvgIpc) is 2.47. The van der Waals surface area contributed by atoms with Gasteiger partial charge in [-0.25, -0.2) is 4.79 Å². The highest BCUT2D eigenvalue weighted by molar-refractivity contribution is 5.93. The minimum atomic E-state index is -0.606. The second-order valence-electron chi connectivity index (χ2n) is 5.66. The fourth-order valence-corrected chi connectivity index (χ4v) is 2.21. The highest BCUT2D eigenvalue weighted by atomic mass is 16.5. The van der Waals surface area contributed by atoms with Crippen molar-refractivity contribution < 1.29 is 9.53 Å². The molecule has 0 unspecified atom stereocenters. The third-order valence-corrected chi connectivity index (χ3v) is 3.35. The maximum absolute atomic E-state index is 11.7. The number of anilines is 1. The maximum Gasteiger partial charge on any atom is 0.350 e. The molecule has 0 aliphatic rings. The molecule has 1 N–H and O–H groups in total. The molecule has 1 aromatic rings. The van der Waals surface area contributed by atoms with Gasteiger partial charge in [-0.2, -0.15) is 5.26 Å². The van der Waals surface area contributed by atoms with Crippen LogP contribution >= 0.6 is 0 Å². The number of nitriles is 1. The van der Waals surface area contributed by atoms with Crippen molar-refractivity contribution in [3.63, 3.8) is 0 Å². The maximum atomic E-state index is 11.7. The largest absolute Gasteiger partial charge is 0.462 e. The number of hydrogen-bond acceptors (Lipinski definition) is 4. The van der Waals surface area contributed by atoms with Gasteiger partial charge in [-0.05, 0) is 29.9 Å². The van der Waals surface area contributed by atoms with E-state index in [4.69, 9.17) is 10.00 Å². The molecule has 118 valence electrons. The van der Waals surface area contributed by atoms with Crippen molar-refractivity contribution in [3.8, 4) is 6.07 Å². The molecule has 22 heavy (non-hydrogen) atoms. The second kappa shape index (κ2) is 8.23. The van der Waals surface area contributed by atoms with Gasteiger partial charge in [0.25, 0.3) is 0 Å². The summed E-state index contributed by atoms with van der Waals surface area (Å²) in [6.45, 7) is 10.4. The summed E-state index contributed by atoms with van der Waals surface area (Å²) in [5, 5.41) is 12.2. The first-order valence-electron chi connectivity index (χ1n) is 7.59. The minimum absolute atomic E-state index is 0.0323. The predicted octanol–water partition coefficient (Wildman–Crippen LogP) is 4.32. The second-order valence-corrected chi connectivity index (χ2v) is 5.66. The first kappa shape index (κ1) is 17.8. The van der Waals surface area contributed by atoms with Crippen LogP contribution in [0.5, 0.6) is 0 Å². The molecule has 0 amide bonds. The lowest BCUT2D eigenvalue weighted by Gasteiger charge is -2.19. The first-order chi connectivity index (χ1) is 10.4. The Kier molecular flexibility index (Phi) is 6.65. The Labute approximate surface area is 132 Å². The van der Waals surface area contributed by atoms with E-state index >= 15 is 0 Å². The highest BCUT2D eigenvalue weighted by Crippen LogP contribution is 2.32. The highest BCUT2D eigenvalue weighted by Gasteiger charge is 2.14. The molecule has 0 atom stereocenters. The van der Waals surface area contributed by atoms with E-state index in [1.165, 1.54) is 6.20 Å². The van der Waals surface area contributed by atoms with Crippen LogP contribution in [0.1, 0.15) is 57.6 Å². The standard InChI is InChI=1S/C18H24N2O2/c1-6-22-18(21)14(10-19)11-20-17-15(12(2)3)8-7-9-16(17)13(4)5/h7-9,11-13,20H,6H2,1-5H3/b14-11+. The molecule has 0 bridgehead atoms. The van der Waals surface area contributed by atoms with Crippen molar-refractivity contribution in [2.24, 2.45) is 0 Å². The Balaban J connectivity index is 3.21. The van der Waals surface area contributed by atoms with Gasteiger partial charge < -0.3 is 10.1 Å². The normalized spacial score (nSPS) is 11.5. The lowest BCUT2D eigenvalue weighted by atomic mass is 9.93. The van der Waals surface area contributed by atoms with Crippen molar-refractivity contribution in [1.29, 1.82) is 5.26 Å². The number of nitrogens with one attached hydrogen (secondary N) is 1. The first-order valence-corrected chi connectivity index (χ1v) is 7.59. The molecule has 0 aliphatic carbocycles. The van der Waals surface area contributed by atoms with Crippen molar-refractivity contribution in [3.05, 3.63) is 41.1 Å². The average molecular weight is 300 g/mol. The van der Waals surface area contributed by atoms with Crippen molar-refractivity contribution in [1.82, 2.24) is 0 Å². The summed E-state index contributed by atoms with van der Waals surface area (Å²) in [4.78, 5) is 11.7. The number of esters is 1. The van der Waals surface area contributed by atoms with Crippen LogP contribution in [0.3, 0.4) is 0 Å². The zero-order valence-corrected chi connectivity index (χ0v) is 13.9. The summed E-state index contributed by atoms with van der Waals surface area (Å²) in [5.41, 5.74) is 3.24. The number of ether oxygens (including phenoxy) is 1. The summed E-state index contributed by atoms with van der Waals surface area (Å²) < 4.78 is 4.87. The number of hydrogen-bond donors (Lipinski definition) is 1. The van der Waals surface area contributed by atoms with E-state index in [-0.39, 0.29) is 12.2 Å². The number of carbonyl (C=O) groups excluding carboxylic acids is 1. The van der Waals surface area contributed by atoms with Crippen LogP contribution in [-0.2, 0) is 9.53 Å². The number of rotatable bonds is 6. The van der Waals surface area contributed by atoms with Crippen LogP contribution in [0, 0.1) is 11.3 Å². The van der Waals surface area contributed by atoms with Crippen LogP contribution in [0.15, 0.2) is 30.0 Å². The van der Waals surface area contributed by atoms with Gasteiger partial charge in [-0.1, -0.05) is 45.9 Å². The van der Waals surface area contributed by atoms with Gasteiger partial charge >= 0.3 is 5.97 Å². The molecule has 0 saturated heterocycles. The van der Waals surface area contributed by atoms with Crippen LogP contribution < -0.4 is 5.32 Å². The number of nitrogens with zero attached hydrogens (tertiary/aromatic N) is 1.